The Morgan fingerprint density at radius 3 is 2.82 bits per heavy atom. The van der Waals surface area contributed by atoms with E-state index in [-0.39, 0.29) is 6.10 Å². The fourth-order valence-electron chi connectivity index (χ4n) is 3.33. The van der Waals surface area contributed by atoms with Gasteiger partial charge in [0.05, 0.1) is 12.8 Å². The molecule has 1 unspecified atom stereocenters. The Balaban J connectivity index is 1.36. The molecule has 1 aliphatic heterocycles. The molecule has 3 aromatic rings. The van der Waals surface area contributed by atoms with Crippen LogP contribution in [0, 0.1) is 0 Å². The van der Waals surface area contributed by atoms with Crippen molar-refractivity contribution in [3.63, 3.8) is 0 Å². The highest BCUT2D eigenvalue weighted by Gasteiger charge is 2.21. The number of pyridine rings is 1. The molecule has 0 amide bonds. The van der Waals surface area contributed by atoms with Gasteiger partial charge in [0.25, 0.3) is 0 Å². The van der Waals surface area contributed by atoms with E-state index in [2.05, 4.69) is 22.4 Å². The molecular weight excluding hydrogens is 352 g/mol. The quantitative estimate of drug-likeness (QED) is 0.649. The molecule has 1 N–H and O–H groups in total. The van der Waals surface area contributed by atoms with Gasteiger partial charge in [0.15, 0.2) is 0 Å². The van der Waals surface area contributed by atoms with E-state index in [1.807, 2.05) is 48.5 Å². The van der Waals surface area contributed by atoms with Gasteiger partial charge in [-0.05, 0) is 42.0 Å². The lowest BCUT2D eigenvalue weighted by molar-refractivity contribution is 0.226. The molecule has 0 fully saturated rings. The van der Waals surface area contributed by atoms with Crippen LogP contribution in [0.2, 0.25) is 0 Å². The molecule has 1 aliphatic rings. The Hall–Kier alpha value is -3.05. The van der Waals surface area contributed by atoms with E-state index < -0.39 is 0 Å². The van der Waals surface area contributed by atoms with Gasteiger partial charge in [0.1, 0.15) is 30.0 Å². The Kier molecular flexibility index (Phi) is 5.73. The Morgan fingerprint density at radius 2 is 2.00 bits per heavy atom. The molecule has 0 aliphatic carbocycles. The predicted molar refractivity (Wildman–Crippen MR) is 108 cm³/mol. The van der Waals surface area contributed by atoms with E-state index >= 15 is 0 Å². The number of nitrogens with zero attached hydrogens (tertiary/aromatic N) is 1. The maximum Gasteiger partial charge on any atom is 0.130 e. The van der Waals surface area contributed by atoms with E-state index in [0.717, 1.165) is 41.5 Å². The van der Waals surface area contributed by atoms with Gasteiger partial charge in [-0.15, -0.1) is 0 Å². The van der Waals surface area contributed by atoms with Crippen LogP contribution in [0.15, 0.2) is 66.9 Å². The molecule has 0 saturated carbocycles. The van der Waals surface area contributed by atoms with Crippen molar-refractivity contribution < 1.29 is 14.2 Å². The van der Waals surface area contributed by atoms with Crippen molar-refractivity contribution in [3.05, 3.63) is 83.7 Å². The van der Waals surface area contributed by atoms with Crippen molar-refractivity contribution in [1.29, 1.82) is 0 Å². The lowest BCUT2D eigenvalue weighted by Gasteiger charge is -2.15. The molecule has 1 aromatic heterocycles. The molecule has 5 heteroatoms. The number of ether oxygens (including phenoxy) is 3. The second-order valence-corrected chi connectivity index (χ2v) is 6.77. The number of aromatic nitrogens is 1. The average molecular weight is 376 g/mol. The summed E-state index contributed by atoms with van der Waals surface area (Å²) in [4.78, 5) is 4.31. The van der Waals surface area contributed by atoms with Gasteiger partial charge in [-0.1, -0.05) is 24.3 Å². The van der Waals surface area contributed by atoms with Crippen LogP contribution in [0.5, 0.6) is 17.2 Å². The highest BCUT2D eigenvalue weighted by atomic mass is 16.5. The summed E-state index contributed by atoms with van der Waals surface area (Å²) >= 11 is 0. The number of rotatable bonds is 8. The largest absolute Gasteiger partial charge is 0.497 e. The molecule has 2 aromatic carbocycles. The molecule has 28 heavy (non-hydrogen) atoms. The number of methoxy groups -OCH3 is 1. The molecule has 5 nitrogen and oxygen atoms in total. The summed E-state index contributed by atoms with van der Waals surface area (Å²) in [6, 6.07) is 19.9. The van der Waals surface area contributed by atoms with Crippen molar-refractivity contribution in [2.75, 3.05) is 13.7 Å². The summed E-state index contributed by atoms with van der Waals surface area (Å²) in [5, 5.41) is 3.49. The molecule has 2 heterocycles. The van der Waals surface area contributed by atoms with Gasteiger partial charge in [-0.2, -0.15) is 0 Å². The van der Waals surface area contributed by atoms with Crippen LogP contribution in [0.1, 0.15) is 16.8 Å². The van der Waals surface area contributed by atoms with E-state index in [1.165, 1.54) is 5.56 Å². The minimum atomic E-state index is 0.154. The van der Waals surface area contributed by atoms with Gasteiger partial charge < -0.3 is 19.5 Å². The normalized spacial score (nSPS) is 15.0. The minimum absolute atomic E-state index is 0.154. The zero-order chi connectivity index (χ0) is 19.2. The zero-order valence-corrected chi connectivity index (χ0v) is 15.9. The predicted octanol–water partition coefficient (Wildman–Crippen LogP) is 3.76. The second-order valence-electron chi connectivity index (χ2n) is 6.77. The Labute approximate surface area is 165 Å². The number of hydrogen-bond acceptors (Lipinski definition) is 5. The first-order chi connectivity index (χ1) is 13.8. The van der Waals surface area contributed by atoms with Crippen molar-refractivity contribution in [2.45, 2.75) is 25.7 Å². The summed E-state index contributed by atoms with van der Waals surface area (Å²) < 4.78 is 17.4. The van der Waals surface area contributed by atoms with Crippen LogP contribution >= 0.6 is 0 Å². The van der Waals surface area contributed by atoms with Crippen molar-refractivity contribution >= 4 is 0 Å². The number of nitrogens with one attached hydrogen (secondary N) is 1. The monoisotopic (exact) mass is 376 g/mol. The summed E-state index contributed by atoms with van der Waals surface area (Å²) in [7, 11) is 1.67. The van der Waals surface area contributed by atoms with E-state index in [0.29, 0.717) is 13.2 Å². The fourth-order valence-corrected chi connectivity index (χ4v) is 3.33. The van der Waals surface area contributed by atoms with E-state index in [1.54, 1.807) is 13.3 Å². The maximum atomic E-state index is 6.01. The highest BCUT2D eigenvalue weighted by Crippen LogP contribution is 2.28. The van der Waals surface area contributed by atoms with Crippen LogP contribution in [-0.2, 0) is 19.6 Å². The van der Waals surface area contributed by atoms with Gasteiger partial charge in [0, 0.05) is 31.3 Å². The van der Waals surface area contributed by atoms with Crippen molar-refractivity contribution in [2.24, 2.45) is 0 Å². The van der Waals surface area contributed by atoms with Gasteiger partial charge in [-0.25, -0.2) is 0 Å². The van der Waals surface area contributed by atoms with Crippen LogP contribution in [0.25, 0.3) is 0 Å². The summed E-state index contributed by atoms with van der Waals surface area (Å²) in [6.07, 6.45) is 2.86. The molecule has 4 rings (SSSR count). The van der Waals surface area contributed by atoms with Crippen LogP contribution < -0.4 is 19.5 Å². The highest BCUT2D eigenvalue weighted by molar-refractivity contribution is 5.40. The molecule has 0 bridgehead atoms. The SMILES string of the molecule is COc1ccc(OCc2ccccn2)c(CNCC2Cc3ccccc3O2)c1. The maximum absolute atomic E-state index is 6.01. The second kappa shape index (κ2) is 8.76. The summed E-state index contributed by atoms with van der Waals surface area (Å²) in [6.45, 7) is 1.87. The molecule has 0 spiro atoms. The third-order valence-electron chi connectivity index (χ3n) is 4.77. The summed E-state index contributed by atoms with van der Waals surface area (Å²) in [5.41, 5.74) is 3.22. The number of benzene rings is 2. The van der Waals surface area contributed by atoms with Gasteiger partial charge in [0.2, 0.25) is 0 Å². The first-order valence-electron chi connectivity index (χ1n) is 9.47. The number of para-hydroxylation sites is 1. The molecule has 1 atom stereocenters. The van der Waals surface area contributed by atoms with E-state index in [4.69, 9.17) is 14.2 Å². The fraction of sp³-hybridized carbons (Fsp3) is 0.261. The van der Waals surface area contributed by atoms with Crippen molar-refractivity contribution in [3.8, 4) is 17.2 Å². The van der Waals surface area contributed by atoms with E-state index in [9.17, 15) is 0 Å². The molecule has 144 valence electrons. The molecular formula is C23H24N2O3. The minimum Gasteiger partial charge on any atom is -0.497 e. The Bertz CT molecular complexity index is 890. The molecule has 0 radical (unpaired) electrons. The lowest BCUT2D eigenvalue weighted by atomic mass is 10.1. The average Bonchev–Trinajstić information content (AvgIpc) is 3.16. The van der Waals surface area contributed by atoms with Crippen LogP contribution in [0.4, 0.5) is 0 Å². The summed E-state index contributed by atoms with van der Waals surface area (Å²) in [5.74, 6) is 2.64. The lowest BCUT2D eigenvalue weighted by Crippen LogP contribution is -2.29. The van der Waals surface area contributed by atoms with Crippen LogP contribution in [-0.4, -0.2) is 24.7 Å². The zero-order valence-electron chi connectivity index (χ0n) is 15.9. The van der Waals surface area contributed by atoms with Crippen molar-refractivity contribution in [1.82, 2.24) is 10.3 Å². The standard InChI is InChI=1S/C23H24N2O3/c1-26-20-9-10-22(27-16-19-7-4-5-11-25-19)18(13-20)14-24-15-21-12-17-6-2-3-8-23(17)28-21/h2-11,13,21,24H,12,14-16H2,1H3. The Morgan fingerprint density at radius 1 is 1.11 bits per heavy atom. The third-order valence-corrected chi connectivity index (χ3v) is 4.77. The number of fused-ring (bicyclic) bond motifs is 1. The third kappa shape index (κ3) is 4.43. The smallest absolute Gasteiger partial charge is 0.130 e. The van der Waals surface area contributed by atoms with Gasteiger partial charge >= 0.3 is 0 Å². The topological polar surface area (TPSA) is 52.6 Å². The van der Waals surface area contributed by atoms with Crippen LogP contribution in [0.3, 0.4) is 0 Å². The number of hydrogen-bond donors (Lipinski definition) is 1. The first-order valence-corrected chi connectivity index (χ1v) is 9.47. The first kappa shape index (κ1) is 18.3. The molecule has 0 saturated heterocycles. The van der Waals surface area contributed by atoms with Gasteiger partial charge in [-0.3, -0.25) is 4.98 Å².